The van der Waals surface area contributed by atoms with Crippen LogP contribution in [0, 0.1) is 5.82 Å². The number of rotatable bonds is 3. The number of carbonyl (C=O) groups is 1. The summed E-state index contributed by atoms with van der Waals surface area (Å²) < 4.78 is 19.0. The molecule has 0 atom stereocenters. The Morgan fingerprint density at radius 3 is 2.76 bits per heavy atom. The Hall–Kier alpha value is -1.82. The molecule has 0 saturated heterocycles. The zero-order valence-corrected chi connectivity index (χ0v) is 9.99. The van der Waals surface area contributed by atoms with E-state index in [9.17, 15) is 9.18 Å². The van der Waals surface area contributed by atoms with Gasteiger partial charge in [0.25, 0.3) is 0 Å². The van der Waals surface area contributed by atoms with Crippen molar-refractivity contribution in [1.29, 1.82) is 0 Å². The van der Waals surface area contributed by atoms with Crippen LogP contribution in [0.1, 0.15) is 10.6 Å². The maximum absolute atomic E-state index is 13.4. The average molecular weight is 300 g/mol. The minimum Gasteiger partial charge on any atom is -0.475 e. The second-order valence-electron chi connectivity index (χ2n) is 3.22. The molecule has 6 heteroatoms. The zero-order valence-electron chi connectivity index (χ0n) is 8.41. The van der Waals surface area contributed by atoms with E-state index in [-0.39, 0.29) is 17.3 Å². The van der Waals surface area contributed by atoms with Gasteiger partial charge in [-0.15, -0.1) is 0 Å². The molecule has 0 bridgehead atoms. The van der Waals surface area contributed by atoms with Gasteiger partial charge in [0.2, 0.25) is 5.76 Å². The van der Waals surface area contributed by atoms with Gasteiger partial charge in [0.05, 0.1) is 5.69 Å². The topological polar surface area (TPSA) is 62.5 Å². The van der Waals surface area contributed by atoms with Crippen molar-refractivity contribution in [3.63, 3.8) is 0 Å². The van der Waals surface area contributed by atoms with Gasteiger partial charge < -0.3 is 14.8 Å². The van der Waals surface area contributed by atoms with Crippen molar-refractivity contribution in [2.45, 2.75) is 0 Å². The van der Waals surface area contributed by atoms with Crippen molar-refractivity contribution in [1.82, 2.24) is 0 Å². The second-order valence-corrected chi connectivity index (χ2v) is 4.13. The van der Waals surface area contributed by atoms with E-state index in [1.165, 1.54) is 24.3 Å². The minimum absolute atomic E-state index is 0.166. The Balaban J connectivity index is 2.25. The molecular weight excluding hydrogens is 293 g/mol. The molecule has 4 nitrogen and oxygen atoms in total. The largest absolute Gasteiger partial charge is 0.475 e. The highest BCUT2D eigenvalue weighted by Crippen LogP contribution is 2.25. The van der Waals surface area contributed by atoms with Crippen LogP contribution >= 0.6 is 15.9 Å². The van der Waals surface area contributed by atoms with Gasteiger partial charge in [-0.2, -0.15) is 0 Å². The maximum Gasteiger partial charge on any atom is 0.371 e. The molecule has 0 radical (unpaired) electrons. The van der Waals surface area contributed by atoms with Gasteiger partial charge >= 0.3 is 5.97 Å². The smallest absolute Gasteiger partial charge is 0.371 e. The summed E-state index contributed by atoms with van der Waals surface area (Å²) in [7, 11) is 0. The number of furan rings is 1. The van der Waals surface area contributed by atoms with E-state index in [0.29, 0.717) is 4.47 Å². The number of nitrogens with one attached hydrogen (secondary N) is 1. The molecule has 1 heterocycles. The van der Waals surface area contributed by atoms with E-state index in [1.807, 2.05) is 0 Å². The molecule has 0 unspecified atom stereocenters. The second kappa shape index (κ2) is 4.58. The van der Waals surface area contributed by atoms with E-state index in [1.54, 1.807) is 6.07 Å². The monoisotopic (exact) mass is 299 g/mol. The normalized spacial score (nSPS) is 10.2. The number of aromatic carboxylic acids is 1. The molecule has 0 amide bonds. The summed E-state index contributed by atoms with van der Waals surface area (Å²) in [5.41, 5.74) is 0.200. The van der Waals surface area contributed by atoms with Crippen LogP contribution in [0.15, 0.2) is 39.2 Å². The Morgan fingerprint density at radius 2 is 2.12 bits per heavy atom. The predicted octanol–water partition coefficient (Wildman–Crippen LogP) is 3.62. The molecule has 88 valence electrons. The minimum atomic E-state index is -1.17. The third-order valence-electron chi connectivity index (χ3n) is 2.00. The molecule has 2 N–H and O–H groups in total. The van der Waals surface area contributed by atoms with Crippen LogP contribution in [-0.4, -0.2) is 11.1 Å². The van der Waals surface area contributed by atoms with Crippen molar-refractivity contribution in [3.05, 3.63) is 46.4 Å². The summed E-state index contributed by atoms with van der Waals surface area (Å²) >= 11 is 3.21. The van der Waals surface area contributed by atoms with Crippen LogP contribution < -0.4 is 5.32 Å². The van der Waals surface area contributed by atoms with Crippen molar-refractivity contribution >= 4 is 33.5 Å². The molecule has 0 saturated carbocycles. The first kappa shape index (κ1) is 11.7. The molecule has 2 aromatic rings. The third-order valence-corrected chi connectivity index (χ3v) is 2.50. The van der Waals surface area contributed by atoms with Gasteiger partial charge in [-0.05, 0) is 24.3 Å². The van der Waals surface area contributed by atoms with Gasteiger partial charge in [0, 0.05) is 10.5 Å². The number of halogens is 2. The quantitative estimate of drug-likeness (QED) is 0.908. The average Bonchev–Trinajstić information content (AvgIpc) is 2.72. The number of hydrogen-bond acceptors (Lipinski definition) is 3. The number of carboxylic acid groups (broad SMARTS) is 1. The number of hydrogen-bond donors (Lipinski definition) is 2. The first-order valence-electron chi connectivity index (χ1n) is 4.61. The summed E-state index contributed by atoms with van der Waals surface area (Å²) in [5, 5.41) is 11.3. The van der Waals surface area contributed by atoms with E-state index >= 15 is 0 Å². The molecule has 0 aliphatic rings. The highest BCUT2D eigenvalue weighted by atomic mass is 79.9. The summed E-state index contributed by atoms with van der Waals surface area (Å²) in [6, 6.07) is 7.08. The maximum atomic E-state index is 13.4. The van der Waals surface area contributed by atoms with Gasteiger partial charge in [-0.1, -0.05) is 15.9 Å². The molecule has 1 aromatic carbocycles. The lowest BCUT2D eigenvalue weighted by atomic mass is 10.3. The van der Waals surface area contributed by atoms with Crippen LogP contribution in [-0.2, 0) is 0 Å². The SMILES string of the molecule is O=C(O)c1ccc(Nc2cc(Br)ccc2F)o1. The van der Waals surface area contributed by atoms with E-state index in [0.717, 1.165) is 0 Å². The van der Waals surface area contributed by atoms with Crippen LogP contribution in [0.2, 0.25) is 0 Å². The van der Waals surface area contributed by atoms with Crippen molar-refractivity contribution in [3.8, 4) is 0 Å². The Kier molecular flexibility index (Phi) is 3.14. The van der Waals surface area contributed by atoms with Gasteiger partial charge in [0.15, 0.2) is 5.88 Å². The van der Waals surface area contributed by atoms with Crippen LogP contribution in [0.3, 0.4) is 0 Å². The number of carboxylic acids is 1. The molecule has 1 aromatic heterocycles. The summed E-state index contributed by atoms with van der Waals surface area (Å²) in [6.07, 6.45) is 0. The molecule has 0 aliphatic carbocycles. The highest BCUT2D eigenvalue weighted by Gasteiger charge is 2.10. The standard InChI is InChI=1S/C11H7BrFNO3/c12-6-1-2-7(13)8(5-6)14-10-4-3-9(17-10)11(15)16/h1-5,14H,(H,15,16). The summed E-state index contributed by atoms with van der Waals surface area (Å²) in [5.74, 6) is -1.67. The Morgan fingerprint density at radius 1 is 1.35 bits per heavy atom. The van der Waals surface area contributed by atoms with Crippen molar-refractivity contribution < 1.29 is 18.7 Å². The fourth-order valence-electron chi connectivity index (χ4n) is 1.25. The molecule has 17 heavy (non-hydrogen) atoms. The number of anilines is 2. The summed E-state index contributed by atoms with van der Waals surface area (Å²) in [4.78, 5) is 10.6. The van der Waals surface area contributed by atoms with E-state index in [2.05, 4.69) is 21.2 Å². The fourth-order valence-corrected chi connectivity index (χ4v) is 1.61. The van der Waals surface area contributed by atoms with Crippen LogP contribution in [0.5, 0.6) is 0 Å². The first-order chi connectivity index (χ1) is 8.06. The lowest BCUT2D eigenvalue weighted by Crippen LogP contribution is -1.94. The molecule has 0 fully saturated rings. The summed E-state index contributed by atoms with van der Waals surface area (Å²) in [6.45, 7) is 0. The highest BCUT2D eigenvalue weighted by molar-refractivity contribution is 9.10. The Bertz CT molecular complexity index is 568. The first-order valence-corrected chi connectivity index (χ1v) is 5.41. The predicted molar refractivity (Wildman–Crippen MR) is 63.1 cm³/mol. The van der Waals surface area contributed by atoms with Gasteiger partial charge in [0.1, 0.15) is 5.82 Å². The van der Waals surface area contributed by atoms with Crippen molar-refractivity contribution in [2.24, 2.45) is 0 Å². The van der Waals surface area contributed by atoms with E-state index in [4.69, 9.17) is 9.52 Å². The van der Waals surface area contributed by atoms with E-state index < -0.39 is 11.8 Å². The van der Waals surface area contributed by atoms with Gasteiger partial charge in [-0.25, -0.2) is 9.18 Å². The van der Waals surface area contributed by atoms with Crippen LogP contribution in [0.25, 0.3) is 0 Å². The van der Waals surface area contributed by atoms with Crippen molar-refractivity contribution in [2.75, 3.05) is 5.32 Å². The zero-order chi connectivity index (χ0) is 12.4. The number of benzene rings is 1. The molecule has 0 spiro atoms. The molecule has 0 aliphatic heterocycles. The molecular formula is C11H7BrFNO3. The lowest BCUT2D eigenvalue weighted by molar-refractivity contribution is 0.0663. The fraction of sp³-hybridized carbons (Fsp3) is 0. The Labute approximate surface area is 104 Å². The lowest BCUT2D eigenvalue weighted by Gasteiger charge is -2.04. The van der Waals surface area contributed by atoms with Gasteiger partial charge in [-0.3, -0.25) is 0 Å². The van der Waals surface area contributed by atoms with Crippen LogP contribution in [0.4, 0.5) is 16.0 Å². The third kappa shape index (κ3) is 2.65. The molecule has 2 rings (SSSR count).